The van der Waals surface area contributed by atoms with Crippen molar-refractivity contribution in [2.24, 2.45) is 5.92 Å². The quantitative estimate of drug-likeness (QED) is 0.699. The standard InChI is InChI=1S/C10H19NOS/c1-9(2)7-12-10(3,11-9)8-4-5-13-6-8/h8,11H,4-7H2,1-3H3. The summed E-state index contributed by atoms with van der Waals surface area (Å²) in [7, 11) is 0. The average Bonchev–Trinajstić information content (AvgIpc) is 2.58. The lowest BCUT2D eigenvalue weighted by atomic mass is 9.95. The van der Waals surface area contributed by atoms with Gasteiger partial charge in [0.15, 0.2) is 0 Å². The van der Waals surface area contributed by atoms with Gasteiger partial charge >= 0.3 is 0 Å². The van der Waals surface area contributed by atoms with E-state index in [0.29, 0.717) is 5.92 Å². The zero-order chi connectivity index (χ0) is 9.53. The molecular weight excluding hydrogens is 182 g/mol. The molecule has 2 heterocycles. The summed E-state index contributed by atoms with van der Waals surface area (Å²) in [4.78, 5) is 0. The van der Waals surface area contributed by atoms with Crippen LogP contribution < -0.4 is 5.32 Å². The molecule has 0 saturated carbocycles. The van der Waals surface area contributed by atoms with E-state index in [1.54, 1.807) is 0 Å². The van der Waals surface area contributed by atoms with Crippen LogP contribution in [0.25, 0.3) is 0 Å². The minimum atomic E-state index is -0.0625. The molecule has 0 radical (unpaired) electrons. The van der Waals surface area contributed by atoms with Crippen molar-refractivity contribution in [2.45, 2.75) is 38.5 Å². The summed E-state index contributed by atoms with van der Waals surface area (Å²) in [6, 6.07) is 0. The van der Waals surface area contributed by atoms with Crippen molar-refractivity contribution in [3.8, 4) is 0 Å². The van der Waals surface area contributed by atoms with Gasteiger partial charge < -0.3 is 4.74 Å². The Morgan fingerprint density at radius 1 is 1.38 bits per heavy atom. The Morgan fingerprint density at radius 2 is 2.15 bits per heavy atom. The van der Waals surface area contributed by atoms with Crippen LogP contribution in [-0.2, 0) is 4.74 Å². The number of thioether (sulfide) groups is 1. The highest BCUT2D eigenvalue weighted by Crippen LogP contribution is 2.37. The van der Waals surface area contributed by atoms with Gasteiger partial charge in [0.1, 0.15) is 5.72 Å². The summed E-state index contributed by atoms with van der Waals surface area (Å²) in [5.41, 5.74) is 0.0923. The highest BCUT2D eigenvalue weighted by atomic mass is 32.2. The van der Waals surface area contributed by atoms with Crippen molar-refractivity contribution >= 4 is 11.8 Å². The van der Waals surface area contributed by atoms with E-state index in [1.165, 1.54) is 17.9 Å². The number of hydrogen-bond donors (Lipinski definition) is 1. The predicted octanol–water partition coefficient (Wildman–Crippen LogP) is 1.85. The minimum absolute atomic E-state index is 0.0625. The van der Waals surface area contributed by atoms with Crippen molar-refractivity contribution in [1.82, 2.24) is 5.32 Å². The molecule has 2 fully saturated rings. The molecule has 0 amide bonds. The molecule has 1 N–H and O–H groups in total. The summed E-state index contributed by atoms with van der Waals surface area (Å²) < 4.78 is 5.92. The first-order valence-electron chi connectivity index (χ1n) is 5.03. The summed E-state index contributed by atoms with van der Waals surface area (Å²) in [6.07, 6.45) is 1.30. The van der Waals surface area contributed by atoms with E-state index in [4.69, 9.17) is 4.74 Å². The lowest BCUT2D eigenvalue weighted by Crippen LogP contribution is -2.51. The average molecular weight is 201 g/mol. The summed E-state index contributed by atoms with van der Waals surface area (Å²) in [6.45, 7) is 7.46. The van der Waals surface area contributed by atoms with Gasteiger partial charge in [0.25, 0.3) is 0 Å². The normalized spacial score (nSPS) is 44.1. The van der Waals surface area contributed by atoms with Gasteiger partial charge in [-0.2, -0.15) is 11.8 Å². The van der Waals surface area contributed by atoms with Crippen molar-refractivity contribution in [3.05, 3.63) is 0 Å². The van der Waals surface area contributed by atoms with Crippen LogP contribution in [0.2, 0.25) is 0 Å². The molecule has 0 aliphatic carbocycles. The van der Waals surface area contributed by atoms with Crippen LogP contribution in [0.4, 0.5) is 0 Å². The minimum Gasteiger partial charge on any atom is -0.359 e. The van der Waals surface area contributed by atoms with E-state index < -0.39 is 0 Å². The third-order valence-corrected chi connectivity index (χ3v) is 4.19. The highest BCUT2D eigenvalue weighted by Gasteiger charge is 2.46. The molecule has 0 spiro atoms. The number of rotatable bonds is 1. The van der Waals surface area contributed by atoms with Crippen LogP contribution in [0, 0.1) is 5.92 Å². The van der Waals surface area contributed by atoms with E-state index in [-0.39, 0.29) is 11.3 Å². The van der Waals surface area contributed by atoms with Gasteiger partial charge in [0.05, 0.1) is 6.61 Å². The fraction of sp³-hybridized carbons (Fsp3) is 1.00. The fourth-order valence-corrected chi connectivity index (χ4v) is 3.65. The first-order chi connectivity index (χ1) is 6.02. The Balaban J connectivity index is 2.05. The van der Waals surface area contributed by atoms with E-state index >= 15 is 0 Å². The molecule has 2 aliphatic heterocycles. The van der Waals surface area contributed by atoms with Gasteiger partial charge in [-0.25, -0.2) is 0 Å². The monoisotopic (exact) mass is 201 g/mol. The second-order valence-corrected chi connectivity index (χ2v) is 6.11. The molecule has 0 bridgehead atoms. The predicted molar refractivity (Wildman–Crippen MR) is 57.0 cm³/mol. The molecule has 13 heavy (non-hydrogen) atoms. The Bertz CT molecular complexity index is 201. The summed E-state index contributed by atoms with van der Waals surface area (Å²) >= 11 is 2.05. The van der Waals surface area contributed by atoms with E-state index in [0.717, 1.165) is 6.61 Å². The molecule has 2 atom stereocenters. The van der Waals surface area contributed by atoms with Crippen LogP contribution in [0.15, 0.2) is 0 Å². The molecule has 3 heteroatoms. The van der Waals surface area contributed by atoms with E-state index in [2.05, 4.69) is 26.1 Å². The Labute approximate surface area is 84.8 Å². The lowest BCUT2D eigenvalue weighted by Gasteiger charge is -2.32. The Hall–Kier alpha value is 0.270. The topological polar surface area (TPSA) is 21.3 Å². The maximum Gasteiger partial charge on any atom is 0.120 e. The lowest BCUT2D eigenvalue weighted by molar-refractivity contribution is -0.0345. The smallest absolute Gasteiger partial charge is 0.120 e. The summed E-state index contributed by atoms with van der Waals surface area (Å²) in [5, 5.41) is 3.61. The number of ether oxygens (including phenoxy) is 1. The van der Waals surface area contributed by atoms with Crippen molar-refractivity contribution in [3.63, 3.8) is 0 Å². The Morgan fingerprint density at radius 3 is 2.62 bits per heavy atom. The van der Waals surface area contributed by atoms with Crippen LogP contribution in [-0.4, -0.2) is 29.4 Å². The number of nitrogens with one attached hydrogen (secondary N) is 1. The molecule has 0 aromatic rings. The van der Waals surface area contributed by atoms with Gasteiger partial charge in [-0.05, 0) is 32.9 Å². The van der Waals surface area contributed by atoms with E-state index in [1.807, 2.05) is 11.8 Å². The molecule has 0 aromatic heterocycles. The second kappa shape index (κ2) is 3.14. The van der Waals surface area contributed by atoms with Gasteiger partial charge in [0, 0.05) is 17.2 Å². The third kappa shape index (κ3) is 1.88. The van der Waals surface area contributed by atoms with Crippen LogP contribution in [0.5, 0.6) is 0 Å². The molecule has 76 valence electrons. The molecule has 2 nitrogen and oxygen atoms in total. The molecule has 2 rings (SSSR count). The van der Waals surface area contributed by atoms with Crippen LogP contribution >= 0.6 is 11.8 Å². The first-order valence-corrected chi connectivity index (χ1v) is 6.18. The zero-order valence-corrected chi connectivity index (χ0v) is 9.54. The molecule has 2 aliphatic rings. The molecule has 2 saturated heterocycles. The largest absolute Gasteiger partial charge is 0.359 e. The fourth-order valence-electron chi connectivity index (χ4n) is 2.26. The van der Waals surface area contributed by atoms with E-state index in [9.17, 15) is 0 Å². The molecule has 2 unspecified atom stereocenters. The van der Waals surface area contributed by atoms with Gasteiger partial charge in [-0.1, -0.05) is 0 Å². The highest BCUT2D eigenvalue weighted by molar-refractivity contribution is 7.99. The molecule has 0 aromatic carbocycles. The zero-order valence-electron chi connectivity index (χ0n) is 8.72. The van der Waals surface area contributed by atoms with Crippen LogP contribution in [0.3, 0.4) is 0 Å². The van der Waals surface area contributed by atoms with Crippen molar-refractivity contribution < 1.29 is 4.74 Å². The van der Waals surface area contributed by atoms with Crippen molar-refractivity contribution in [1.29, 1.82) is 0 Å². The van der Waals surface area contributed by atoms with Gasteiger partial charge in [0.2, 0.25) is 0 Å². The maximum absolute atomic E-state index is 5.92. The SMILES string of the molecule is CC1(C)COC(C)(C2CCSC2)N1. The Kier molecular flexibility index (Phi) is 2.37. The second-order valence-electron chi connectivity index (χ2n) is 4.97. The molecular formula is C10H19NOS. The van der Waals surface area contributed by atoms with Gasteiger partial charge in [-0.15, -0.1) is 0 Å². The summed E-state index contributed by atoms with van der Waals surface area (Å²) in [5.74, 6) is 3.24. The van der Waals surface area contributed by atoms with Crippen LogP contribution in [0.1, 0.15) is 27.2 Å². The van der Waals surface area contributed by atoms with Gasteiger partial charge in [-0.3, -0.25) is 5.32 Å². The third-order valence-electron chi connectivity index (χ3n) is 3.03. The maximum atomic E-state index is 5.92. The number of hydrogen-bond acceptors (Lipinski definition) is 3. The first kappa shape index (κ1) is 9.81. The van der Waals surface area contributed by atoms with Crippen molar-refractivity contribution in [2.75, 3.05) is 18.1 Å².